The Balaban J connectivity index is 2.95. The van der Waals surface area contributed by atoms with Crippen LogP contribution in [-0.4, -0.2) is 5.51 Å². The van der Waals surface area contributed by atoms with Crippen LogP contribution in [0.15, 0.2) is 29.2 Å². The lowest BCUT2D eigenvalue weighted by atomic mass is 10.2. The molecule has 0 N–H and O–H groups in total. The van der Waals surface area contributed by atoms with Crippen LogP contribution in [0.25, 0.3) is 0 Å². The highest BCUT2D eigenvalue weighted by Crippen LogP contribution is 2.25. The molecular weight excluding hydrogens is 209 g/mol. The van der Waals surface area contributed by atoms with Crippen molar-refractivity contribution in [1.82, 2.24) is 0 Å². The van der Waals surface area contributed by atoms with Gasteiger partial charge in [-0.15, -0.1) is 4.90 Å². The first-order chi connectivity index (χ1) is 6.45. The summed E-state index contributed by atoms with van der Waals surface area (Å²) in [6, 6.07) is 6.23. The minimum absolute atomic E-state index is 0.134. The predicted octanol–water partition coefficient (Wildman–Crippen LogP) is 3.34. The molecule has 14 heavy (non-hydrogen) atoms. The molecule has 0 heterocycles. The fraction of sp³-hybridized carbons (Fsp3) is 0.300. The zero-order valence-corrected chi connectivity index (χ0v) is 8.45. The van der Waals surface area contributed by atoms with Gasteiger partial charge in [-0.25, -0.2) is 0 Å². The number of rotatable bonds is 1. The van der Waals surface area contributed by atoms with E-state index in [2.05, 4.69) is 0 Å². The van der Waals surface area contributed by atoms with Gasteiger partial charge in [0.05, 0.1) is 0 Å². The van der Waals surface area contributed by atoms with Crippen molar-refractivity contribution in [2.75, 3.05) is 0 Å². The molecule has 1 aromatic rings. The van der Waals surface area contributed by atoms with E-state index in [4.69, 9.17) is 5.69 Å². The van der Waals surface area contributed by atoms with Gasteiger partial charge in [-0.05, 0) is 12.0 Å². The fourth-order valence-electron chi connectivity index (χ4n) is 1.01. The molecule has 0 aromatic heterocycles. The maximum atomic E-state index is 12.2. The summed E-state index contributed by atoms with van der Waals surface area (Å²) in [4.78, 5) is 0.134. The van der Waals surface area contributed by atoms with Crippen LogP contribution in [-0.2, 0) is 16.7 Å². The average molecular weight is 219 g/mol. The third kappa shape index (κ3) is 2.56. The molecule has 78 valence electrons. The zero-order valence-electron chi connectivity index (χ0n) is 7.64. The van der Waals surface area contributed by atoms with Gasteiger partial charge in [0.25, 0.3) is 0 Å². The number of hydrogen-bond donors (Lipinski definition) is 0. The van der Waals surface area contributed by atoms with Gasteiger partial charge in [-0.1, -0.05) is 31.2 Å². The summed E-state index contributed by atoms with van der Waals surface area (Å²) in [5.74, 6) is 0. The topological polar surface area (TPSA) is 0 Å². The van der Waals surface area contributed by atoms with Gasteiger partial charge in [0.2, 0.25) is 0 Å². The molecule has 0 saturated carbocycles. The number of benzene rings is 1. The van der Waals surface area contributed by atoms with Crippen LogP contribution in [0.2, 0.25) is 0 Å². The molecule has 1 aromatic carbocycles. The second kappa shape index (κ2) is 4.11. The summed E-state index contributed by atoms with van der Waals surface area (Å²) in [5.41, 5.74) is 1.73. The SMILES string of the molecule is C#[S-](c1ccc(CC)cc1)C(F)(F)F. The van der Waals surface area contributed by atoms with Crippen molar-refractivity contribution >= 4 is 10.3 Å². The Morgan fingerprint density at radius 3 is 2.07 bits per heavy atom. The third-order valence-corrected chi connectivity index (χ3v) is 3.11. The van der Waals surface area contributed by atoms with E-state index in [9.17, 15) is 13.2 Å². The molecule has 0 aliphatic carbocycles. The molecule has 0 atom stereocenters. The molecular formula is C10H10F3S-. The van der Waals surface area contributed by atoms with Crippen LogP contribution in [0.1, 0.15) is 12.5 Å². The van der Waals surface area contributed by atoms with E-state index in [0.717, 1.165) is 12.0 Å². The molecule has 0 fully saturated rings. The maximum Gasteiger partial charge on any atom is 0.321 e. The summed E-state index contributed by atoms with van der Waals surface area (Å²) in [6.45, 7) is 1.95. The van der Waals surface area contributed by atoms with Crippen molar-refractivity contribution in [3.05, 3.63) is 29.8 Å². The van der Waals surface area contributed by atoms with Crippen molar-refractivity contribution in [3.8, 4) is 5.69 Å². The second-order valence-electron chi connectivity index (χ2n) is 2.78. The molecule has 1 rings (SSSR count). The quantitative estimate of drug-likeness (QED) is 0.635. The van der Waals surface area contributed by atoms with Gasteiger partial charge in [0.1, 0.15) is 0 Å². The highest BCUT2D eigenvalue weighted by molar-refractivity contribution is 7.87. The first-order valence-electron chi connectivity index (χ1n) is 4.09. The molecule has 0 nitrogen and oxygen atoms in total. The van der Waals surface area contributed by atoms with E-state index in [1.165, 1.54) is 12.1 Å². The highest BCUT2D eigenvalue weighted by atomic mass is 32.2. The standard InChI is InChI=1S/C10H10F3S/c1-3-8-4-6-9(7-5-8)14(2)10(11,12)13/h2,4-7H,3H2,1H3/q-1. The fourth-order valence-corrected chi connectivity index (χ4v) is 1.70. The molecule has 0 unspecified atom stereocenters. The summed E-state index contributed by atoms with van der Waals surface area (Å²) in [7, 11) is -2.16. The molecule has 0 aliphatic heterocycles. The monoisotopic (exact) mass is 219 g/mol. The van der Waals surface area contributed by atoms with Crippen LogP contribution in [0.4, 0.5) is 13.2 Å². The van der Waals surface area contributed by atoms with Crippen LogP contribution >= 0.6 is 0 Å². The number of halogens is 3. The Labute approximate surface area is 83.3 Å². The summed E-state index contributed by atoms with van der Waals surface area (Å²) in [5, 5.41) is 0. The first kappa shape index (κ1) is 11.2. The van der Waals surface area contributed by atoms with E-state index >= 15 is 0 Å². The van der Waals surface area contributed by atoms with E-state index in [1.807, 2.05) is 6.92 Å². The van der Waals surface area contributed by atoms with Crippen LogP contribution in [0.3, 0.4) is 0 Å². The van der Waals surface area contributed by atoms with Crippen molar-refractivity contribution < 1.29 is 13.2 Å². The van der Waals surface area contributed by atoms with Gasteiger partial charge in [0.15, 0.2) is 0 Å². The van der Waals surface area contributed by atoms with E-state index in [0.29, 0.717) is 0 Å². The van der Waals surface area contributed by atoms with Gasteiger partial charge in [0, 0.05) is 0 Å². The molecule has 0 amide bonds. The van der Waals surface area contributed by atoms with E-state index < -0.39 is 15.8 Å². The summed E-state index contributed by atoms with van der Waals surface area (Å²) in [6.07, 6.45) is 0.810. The van der Waals surface area contributed by atoms with Crippen molar-refractivity contribution in [2.45, 2.75) is 23.7 Å². The molecule has 0 saturated heterocycles. The maximum absolute atomic E-state index is 12.2. The average Bonchev–Trinajstić information content (AvgIpc) is 2.15. The molecule has 0 aliphatic rings. The van der Waals surface area contributed by atoms with Crippen molar-refractivity contribution in [1.29, 1.82) is 0 Å². The largest absolute Gasteiger partial charge is 0.332 e. The Morgan fingerprint density at radius 1 is 1.21 bits per heavy atom. The van der Waals surface area contributed by atoms with Gasteiger partial charge in [-0.2, -0.15) is 13.2 Å². The number of aryl methyl sites for hydroxylation is 1. The lowest BCUT2D eigenvalue weighted by Crippen LogP contribution is -2.13. The first-order valence-corrected chi connectivity index (χ1v) is 5.38. The van der Waals surface area contributed by atoms with Crippen molar-refractivity contribution in [2.24, 2.45) is 0 Å². The predicted molar refractivity (Wildman–Crippen MR) is 52.5 cm³/mol. The number of hydrogen-bond acceptors (Lipinski definition) is 1. The Morgan fingerprint density at radius 2 is 1.71 bits per heavy atom. The lowest BCUT2D eigenvalue weighted by molar-refractivity contribution is -0.0347. The highest BCUT2D eigenvalue weighted by Gasteiger charge is 2.17. The molecule has 0 radical (unpaired) electrons. The normalized spacial score (nSPS) is 12.0. The van der Waals surface area contributed by atoms with E-state index in [-0.39, 0.29) is 4.90 Å². The summed E-state index contributed by atoms with van der Waals surface area (Å²) >= 11 is 0. The molecule has 4 heteroatoms. The number of alkyl halides is 3. The zero-order chi connectivity index (χ0) is 10.8. The Hall–Kier alpha value is -0.860. The van der Waals surface area contributed by atoms with Crippen molar-refractivity contribution in [3.63, 3.8) is 0 Å². The van der Waals surface area contributed by atoms with Gasteiger partial charge in [-0.3, -0.25) is 0 Å². The third-order valence-electron chi connectivity index (χ3n) is 1.83. The lowest BCUT2D eigenvalue weighted by Gasteiger charge is -2.22. The van der Waals surface area contributed by atoms with Gasteiger partial charge >= 0.3 is 5.51 Å². The van der Waals surface area contributed by atoms with E-state index in [1.54, 1.807) is 12.1 Å². The Bertz CT molecular complexity index is 367. The van der Waals surface area contributed by atoms with Crippen LogP contribution in [0.5, 0.6) is 0 Å². The minimum atomic E-state index is -4.34. The smallest absolute Gasteiger partial charge is 0.321 e. The molecule has 0 spiro atoms. The van der Waals surface area contributed by atoms with Crippen LogP contribution < -0.4 is 0 Å². The second-order valence-corrected chi connectivity index (χ2v) is 4.39. The van der Waals surface area contributed by atoms with Crippen LogP contribution in [0, 0.1) is 5.69 Å². The summed E-state index contributed by atoms with van der Waals surface area (Å²) < 4.78 is 36.6. The minimum Gasteiger partial charge on any atom is -0.332 e. The molecule has 0 bridgehead atoms. The Kier molecular flexibility index (Phi) is 3.29. The van der Waals surface area contributed by atoms with Gasteiger partial charge < -0.3 is 16.0 Å².